The number of aromatic nitrogens is 3. The fourth-order valence-electron chi connectivity index (χ4n) is 4.17. The lowest BCUT2D eigenvalue weighted by Crippen LogP contribution is -2.30. The Morgan fingerprint density at radius 3 is 2.62 bits per heavy atom. The zero-order valence-corrected chi connectivity index (χ0v) is 22.6. The Morgan fingerprint density at radius 2 is 1.95 bits per heavy atom. The van der Waals surface area contributed by atoms with Crippen molar-refractivity contribution in [2.75, 3.05) is 31.7 Å². The van der Waals surface area contributed by atoms with E-state index in [-0.39, 0.29) is 18.9 Å². The number of anilines is 1. The smallest absolute Gasteiger partial charge is 0.358 e. The lowest BCUT2D eigenvalue weighted by molar-refractivity contribution is -0.166. The van der Waals surface area contributed by atoms with Crippen molar-refractivity contribution in [1.29, 1.82) is 0 Å². The Balaban J connectivity index is 2.06. The molecule has 0 saturated heterocycles. The maximum atomic E-state index is 13.3. The number of carbonyl (C=O) groups is 2. The minimum Gasteiger partial charge on any atom is -0.490 e. The van der Waals surface area contributed by atoms with E-state index >= 15 is 0 Å². The molecule has 1 N–H and O–H groups in total. The molecule has 1 aliphatic rings. The summed E-state index contributed by atoms with van der Waals surface area (Å²) in [6.07, 6.45) is -1.14. The van der Waals surface area contributed by atoms with Gasteiger partial charge in [0.05, 0.1) is 35.2 Å². The van der Waals surface area contributed by atoms with Crippen LogP contribution in [0.15, 0.2) is 18.2 Å². The van der Waals surface area contributed by atoms with Crippen molar-refractivity contribution in [3.8, 4) is 17.0 Å². The molecule has 10 nitrogen and oxygen atoms in total. The highest BCUT2D eigenvalue weighted by atomic mass is 35.5. The highest BCUT2D eigenvalue weighted by Gasteiger charge is 2.35. The van der Waals surface area contributed by atoms with Gasteiger partial charge >= 0.3 is 11.9 Å². The summed E-state index contributed by atoms with van der Waals surface area (Å²) in [5.41, 5.74) is 2.31. The normalized spacial score (nSPS) is 13.9. The first-order valence-electron chi connectivity index (χ1n) is 12.2. The number of ether oxygens (including phenoxy) is 4. The van der Waals surface area contributed by atoms with Crippen molar-refractivity contribution in [1.82, 2.24) is 14.6 Å². The van der Waals surface area contributed by atoms with Gasteiger partial charge in [0.25, 0.3) is 0 Å². The predicted molar refractivity (Wildman–Crippen MR) is 138 cm³/mol. The van der Waals surface area contributed by atoms with E-state index in [1.54, 1.807) is 32.9 Å². The molecule has 1 aliphatic heterocycles. The molecule has 0 radical (unpaired) electrons. The van der Waals surface area contributed by atoms with Crippen LogP contribution in [0.4, 0.5) is 5.69 Å². The minimum absolute atomic E-state index is 0.0760. The van der Waals surface area contributed by atoms with Crippen molar-refractivity contribution in [3.63, 3.8) is 0 Å². The molecule has 0 bridgehead atoms. The summed E-state index contributed by atoms with van der Waals surface area (Å²) in [5.74, 6) is -0.544. The Kier molecular flexibility index (Phi) is 7.61. The number of nitrogens with zero attached hydrogens (tertiary/aromatic N) is 3. The first-order chi connectivity index (χ1) is 17.6. The number of rotatable bonds is 7. The van der Waals surface area contributed by atoms with E-state index in [2.05, 4.69) is 15.4 Å². The molecule has 0 amide bonds. The van der Waals surface area contributed by atoms with Crippen LogP contribution >= 0.6 is 11.6 Å². The fraction of sp³-hybridized carbons (Fsp3) is 0.462. The second-order valence-corrected chi connectivity index (χ2v) is 9.80. The number of esters is 2. The van der Waals surface area contributed by atoms with Crippen LogP contribution in [0.5, 0.6) is 5.75 Å². The second kappa shape index (κ2) is 10.5. The van der Waals surface area contributed by atoms with E-state index in [0.29, 0.717) is 57.8 Å². The van der Waals surface area contributed by atoms with Crippen LogP contribution < -0.4 is 10.1 Å². The van der Waals surface area contributed by atoms with Crippen LogP contribution in [0.1, 0.15) is 62.5 Å². The number of carbonyl (C=O) groups excluding carboxylic acids is 2. The summed E-state index contributed by atoms with van der Waals surface area (Å²) in [6, 6.07) is 5.13. The molecule has 2 aromatic heterocycles. The van der Waals surface area contributed by atoms with Crippen LogP contribution in [0.2, 0.25) is 5.02 Å². The monoisotopic (exact) mass is 530 g/mol. The van der Waals surface area contributed by atoms with Gasteiger partial charge in [0.15, 0.2) is 17.4 Å². The Bertz CT molecular complexity index is 1350. The lowest BCUT2D eigenvalue weighted by Gasteiger charge is -2.29. The molecule has 0 spiro atoms. The van der Waals surface area contributed by atoms with E-state index in [9.17, 15) is 9.59 Å². The van der Waals surface area contributed by atoms with Gasteiger partial charge in [0.2, 0.25) is 0 Å². The van der Waals surface area contributed by atoms with Gasteiger partial charge in [-0.05, 0) is 53.7 Å². The van der Waals surface area contributed by atoms with Gasteiger partial charge in [-0.25, -0.2) is 19.1 Å². The number of aryl methyl sites for hydroxylation is 1. The maximum Gasteiger partial charge on any atom is 0.358 e. The Hall–Kier alpha value is -3.37. The molecule has 0 fully saturated rings. The molecule has 37 heavy (non-hydrogen) atoms. The van der Waals surface area contributed by atoms with Crippen LogP contribution in [0.3, 0.4) is 0 Å². The minimum atomic E-state index is -1.14. The number of hydrogen-bond acceptors (Lipinski definition) is 9. The zero-order valence-electron chi connectivity index (χ0n) is 21.8. The van der Waals surface area contributed by atoms with Gasteiger partial charge in [-0.15, -0.1) is 0 Å². The molecular formula is C26H31ClN4O6. The van der Waals surface area contributed by atoms with E-state index in [1.807, 2.05) is 20.8 Å². The number of benzene rings is 1. The van der Waals surface area contributed by atoms with Crippen molar-refractivity contribution in [2.24, 2.45) is 0 Å². The van der Waals surface area contributed by atoms with Crippen molar-refractivity contribution in [2.45, 2.75) is 53.2 Å². The van der Waals surface area contributed by atoms with Gasteiger partial charge in [-0.1, -0.05) is 11.6 Å². The summed E-state index contributed by atoms with van der Waals surface area (Å²) >= 11 is 6.93. The van der Waals surface area contributed by atoms with E-state index in [4.69, 9.17) is 30.5 Å². The number of nitrogens with one attached hydrogen (secondary N) is 1. The summed E-state index contributed by atoms with van der Waals surface area (Å²) in [5, 5.41) is 8.16. The third-order valence-corrected chi connectivity index (χ3v) is 5.96. The summed E-state index contributed by atoms with van der Waals surface area (Å²) < 4.78 is 24.0. The first kappa shape index (κ1) is 26.7. The van der Waals surface area contributed by atoms with Crippen LogP contribution in [0.25, 0.3) is 16.9 Å². The van der Waals surface area contributed by atoms with Gasteiger partial charge in [0, 0.05) is 29.4 Å². The van der Waals surface area contributed by atoms with Crippen molar-refractivity contribution in [3.05, 3.63) is 40.2 Å². The standard InChI is InChI=1S/C26H31ClN4O6/c1-7-34-24(32)16-13-18-29-14(3)19(23(25(33)35-8-2)37-26(4,5)6)22(31(18)30-16)15-9-10-17-21(20(15)27)28-11-12-36-17/h9-10,13,23,28H,7-8,11-12H2,1-6H3. The topological polar surface area (TPSA) is 113 Å². The summed E-state index contributed by atoms with van der Waals surface area (Å²) in [7, 11) is 0. The molecule has 1 unspecified atom stereocenters. The Morgan fingerprint density at radius 1 is 1.22 bits per heavy atom. The molecule has 11 heteroatoms. The third kappa shape index (κ3) is 5.35. The van der Waals surface area contributed by atoms with Gasteiger partial charge in [-0.2, -0.15) is 5.10 Å². The summed E-state index contributed by atoms with van der Waals surface area (Å²) in [6.45, 7) is 12.2. The highest BCUT2D eigenvalue weighted by Crippen LogP contribution is 2.44. The molecule has 198 valence electrons. The molecule has 0 aliphatic carbocycles. The van der Waals surface area contributed by atoms with E-state index < -0.39 is 23.6 Å². The van der Waals surface area contributed by atoms with Crippen LogP contribution in [-0.4, -0.2) is 58.5 Å². The lowest BCUT2D eigenvalue weighted by atomic mass is 9.98. The van der Waals surface area contributed by atoms with Crippen LogP contribution in [-0.2, 0) is 19.0 Å². The zero-order chi connectivity index (χ0) is 26.9. The molecule has 0 saturated carbocycles. The highest BCUT2D eigenvalue weighted by molar-refractivity contribution is 6.36. The quantitative estimate of drug-likeness (QED) is 0.432. The second-order valence-electron chi connectivity index (χ2n) is 9.42. The molecule has 3 aromatic rings. The molecule has 1 atom stereocenters. The van der Waals surface area contributed by atoms with Crippen LogP contribution in [0, 0.1) is 6.92 Å². The first-order valence-corrected chi connectivity index (χ1v) is 12.5. The largest absolute Gasteiger partial charge is 0.490 e. The van der Waals surface area contributed by atoms with Gasteiger partial charge in [0.1, 0.15) is 12.4 Å². The fourth-order valence-corrected chi connectivity index (χ4v) is 4.48. The molecule has 4 rings (SSSR count). The molecule has 3 heterocycles. The van der Waals surface area contributed by atoms with Gasteiger partial charge in [-0.3, -0.25) is 0 Å². The Labute approximate surface area is 220 Å². The van der Waals surface area contributed by atoms with Crippen molar-refractivity contribution >= 4 is 34.9 Å². The third-order valence-electron chi connectivity index (χ3n) is 5.57. The SMILES string of the molecule is CCOC(=O)c1cc2nc(C)c(C(OC(C)(C)C)C(=O)OCC)c(-c3ccc4c(c3Cl)NCCO4)n2n1. The maximum absolute atomic E-state index is 13.3. The summed E-state index contributed by atoms with van der Waals surface area (Å²) in [4.78, 5) is 30.5. The number of hydrogen-bond donors (Lipinski definition) is 1. The molecular weight excluding hydrogens is 500 g/mol. The number of halogens is 1. The van der Waals surface area contributed by atoms with E-state index in [0.717, 1.165) is 0 Å². The molecule has 1 aromatic carbocycles. The average molecular weight is 531 g/mol. The van der Waals surface area contributed by atoms with Gasteiger partial charge < -0.3 is 24.3 Å². The van der Waals surface area contributed by atoms with E-state index in [1.165, 1.54) is 10.6 Å². The average Bonchev–Trinajstić information content (AvgIpc) is 3.26. The predicted octanol–water partition coefficient (Wildman–Crippen LogP) is 4.76. The number of fused-ring (bicyclic) bond motifs is 2. The van der Waals surface area contributed by atoms with Crippen molar-refractivity contribution < 1.29 is 28.5 Å².